The Bertz CT molecular complexity index is 481. The Labute approximate surface area is 129 Å². The molecule has 102 valence electrons. The number of aromatic hydroxyl groups is 1. The van der Waals surface area contributed by atoms with Crippen molar-refractivity contribution in [1.29, 1.82) is 0 Å². The average molecular weight is 305 g/mol. The second-order valence-corrected chi connectivity index (χ2v) is 3.24. The fraction of sp³-hybridized carbons (Fsp3) is 0. The van der Waals surface area contributed by atoms with Gasteiger partial charge >= 0.3 is 45.9 Å². The van der Waals surface area contributed by atoms with E-state index < -0.39 is 16.4 Å². The fourth-order valence-corrected chi connectivity index (χ4v) is 0.654. The molecule has 0 radical (unpaired) electrons. The minimum absolute atomic E-state index is 0. The van der Waals surface area contributed by atoms with Crippen molar-refractivity contribution in [3.8, 4) is 5.75 Å². The third-order valence-electron chi connectivity index (χ3n) is 1.13. The van der Waals surface area contributed by atoms with Gasteiger partial charge in [0.2, 0.25) is 0 Å². The van der Waals surface area contributed by atoms with Crippen molar-refractivity contribution in [2.24, 2.45) is 5.34 Å². The van der Waals surface area contributed by atoms with Gasteiger partial charge in [0.15, 0.2) is 0 Å². The van der Waals surface area contributed by atoms with Crippen LogP contribution in [0.2, 0.25) is 0 Å². The molecule has 1 rings (SSSR count). The number of nitrogens with zero attached hydrogens (tertiary/aromatic N) is 1. The van der Waals surface area contributed by atoms with Gasteiger partial charge in [0.25, 0.3) is 0 Å². The van der Waals surface area contributed by atoms with E-state index in [9.17, 15) is 4.79 Å². The average Bonchev–Trinajstić information content (AvgIpc) is 2.16. The van der Waals surface area contributed by atoms with E-state index in [0.29, 0.717) is 0 Å². The van der Waals surface area contributed by atoms with Gasteiger partial charge < -0.3 is 20.3 Å². The van der Waals surface area contributed by atoms with Crippen molar-refractivity contribution in [1.82, 2.24) is 0 Å². The molecule has 0 aromatic heterocycles. The Hall–Kier alpha value is -1.24. The van der Waals surface area contributed by atoms with Gasteiger partial charge in [0.1, 0.15) is 11.3 Å². The topological polar surface area (TPSA) is 185 Å². The zero-order chi connectivity index (χ0) is 14.8. The third kappa shape index (κ3) is 19.3. The summed E-state index contributed by atoms with van der Waals surface area (Å²) in [7, 11) is -4.67. The van der Waals surface area contributed by atoms with Crippen LogP contribution in [0.4, 0.5) is 0 Å². The van der Waals surface area contributed by atoms with Crippen LogP contribution in [0, 0.1) is 10.1 Å². The Morgan fingerprint density at radius 2 is 1.53 bits per heavy atom. The second kappa shape index (κ2) is 11.8. The van der Waals surface area contributed by atoms with Crippen LogP contribution >= 0.6 is 0 Å². The van der Waals surface area contributed by atoms with Gasteiger partial charge in [-0.3, -0.25) is 9.11 Å². The largest absolute Gasteiger partial charge is 1.00 e. The number of carboxylic acid groups (broad SMARTS) is 1. The monoisotopic (exact) mass is 305 g/mol. The molecule has 0 spiro atoms. The molecule has 1 aromatic rings. The molecule has 0 aliphatic rings. The molecule has 1 aromatic carbocycles. The van der Waals surface area contributed by atoms with Crippen LogP contribution < -0.4 is 29.6 Å². The summed E-state index contributed by atoms with van der Waals surface area (Å²) in [5.74, 6) is -1.31. The van der Waals surface area contributed by atoms with Gasteiger partial charge in [-0.15, -0.1) is 5.34 Å². The zero-order valence-electron chi connectivity index (χ0n) is 9.49. The van der Waals surface area contributed by atoms with Crippen molar-refractivity contribution in [3.05, 3.63) is 39.9 Å². The second-order valence-electron chi connectivity index (χ2n) is 2.34. The summed E-state index contributed by atoms with van der Waals surface area (Å²) in [5.41, 5.74) is -0.0671. The molecule has 4 N–H and O–H groups in total. The van der Waals surface area contributed by atoms with Crippen molar-refractivity contribution in [2.75, 3.05) is 0 Å². The minimum atomic E-state index is -4.67. The summed E-state index contributed by atoms with van der Waals surface area (Å²) in [4.78, 5) is 18.3. The van der Waals surface area contributed by atoms with Crippen LogP contribution in [0.3, 0.4) is 0 Å². The van der Waals surface area contributed by atoms with E-state index in [4.69, 9.17) is 37.9 Å². The zero-order valence-corrected chi connectivity index (χ0v) is 12.3. The summed E-state index contributed by atoms with van der Waals surface area (Å²) < 4.78 is 31.6. The van der Waals surface area contributed by atoms with Gasteiger partial charge in [-0.2, -0.15) is 8.42 Å². The third-order valence-corrected chi connectivity index (χ3v) is 1.13. The molecule has 0 amide bonds. The van der Waals surface area contributed by atoms with Crippen LogP contribution in [0.15, 0.2) is 29.6 Å². The molecule has 0 unspecified atom stereocenters. The first-order valence-electron chi connectivity index (χ1n) is 3.79. The molecule has 19 heavy (non-hydrogen) atoms. The van der Waals surface area contributed by atoms with Crippen LogP contribution in [0.1, 0.15) is 10.4 Å². The minimum Gasteiger partial charge on any atom is -0.507 e. The summed E-state index contributed by atoms with van der Waals surface area (Å²) in [5, 5.41) is 26.3. The maximum absolute atomic E-state index is 10.3. The molecule has 0 saturated heterocycles. The molecule has 12 heteroatoms. The molecule has 0 aliphatic heterocycles. The predicted molar refractivity (Wildman–Crippen MR) is 58.4 cm³/mol. The Balaban J connectivity index is -0.000000243. The molecular weight excluding hydrogens is 297 g/mol. The van der Waals surface area contributed by atoms with Gasteiger partial charge in [-0.05, 0) is 12.1 Å². The first-order chi connectivity index (χ1) is 8.13. The van der Waals surface area contributed by atoms with Crippen molar-refractivity contribution in [2.45, 2.75) is 0 Å². The normalized spacial score (nSPS) is 8.53. The van der Waals surface area contributed by atoms with Gasteiger partial charge in [-0.1, -0.05) is 12.1 Å². The molecule has 0 bridgehead atoms. The summed E-state index contributed by atoms with van der Waals surface area (Å²) >= 11 is 0. The van der Waals surface area contributed by atoms with Gasteiger partial charge in [-0.25, -0.2) is 4.79 Å². The van der Waals surface area contributed by atoms with Gasteiger partial charge in [0, 0.05) is 0 Å². The molecule has 0 fully saturated rings. The van der Waals surface area contributed by atoms with Crippen LogP contribution in [0.25, 0.3) is 0 Å². The Morgan fingerprint density at radius 3 is 1.74 bits per heavy atom. The number of hydrogen-bond acceptors (Lipinski definition) is 7. The van der Waals surface area contributed by atoms with Crippen molar-refractivity contribution < 1.29 is 62.1 Å². The van der Waals surface area contributed by atoms with Crippen LogP contribution in [0.5, 0.6) is 5.75 Å². The molecule has 0 saturated carbocycles. The number of carboxylic acids is 1. The first kappa shape index (κ1) is 22.9. The molecular formula is C7H8NNaO9S. The van der Waals surface area contributed by atoms with Crippen LogP contribution in [-0.2, 0) is 10.4 Å². The number of hydrogen-bond donors (Lipinski definition) is 4. The van der Waals surface area contributed by atoms with E-state index in [1.807, 2.05) is 0 Å². The maximum atomic E-state index is 10.3. The Kier molecular flexibility index (Phi) is 14.3. The van der Waals surface area contributed by atoms with Crippen molar-refractivity contribution in [3.63, 3.8) is 0 Å². The number of para-hydroxylation sites is 1. The first-order valence-corrected chi connectivity index (χ1v) is 5.19. The standard InChI is InChI=1S/C7H6O3.HNO2.Na.H2O4S/c8-6-4-2-1-3-5(6)7(9)10;2-1-3;;1-5(2,3)4/h1-4,8H,(H,9,10);(H,2,3);;(H2,1,2,3,4)/q;;+1;/p-1. The summed E-state index contributed by atoms with van der Waals surface area (Å²) in [6.07, 6.45) is 0. The van der Waals surface area contributed by atoms with E-state index in [2.05, 4.69) is 0 Å². The maximum Gasteiger partial charge on any atom is 1.00 e. The van der Waals surface area contributed by atoms with E-state index >= 15 is 0 Å². The molecule has 0 aliphatic carbocycles. The molecule has 10 nitrogen and oxygen atoms in total. The van der Waals surface area contributed by atoms with E-state index in [0.717, 1.165) is 5.34 Å². The summed E-state index contributed by atoms with van der Waals surface area (Å²) in [6, 6.07) is 5.81. The molecule has 0 atom stereocenters. The van der Waals surface area contributed by atoms with E-state index in [1.165, 1.54) is 12.1 Å². The van der Waals surface area contributed by atoms with Gasteiger partial charge in [0.05, 0.1) is 0 Å². The number of carbonyl (C=O) groups is 1. The number of benzene rings is 1. The smallest absolute Gasteiger partial charge is 0.507 e. The molecule has 0 heterocycles. The SMILES string of the molecule is O=C(O)c1ccccc1O.O=N[O-].O=S(=O)(O)O.[Na+]. The predicted octanol–water partition coefficient (Wildman–Crippen LogP) is -2.31. The number of phenols is 1. The van der Waals surface area contributed by atoms with Crippen LogP contribution in [-0.4, -0.2) is 33.7 Å². The fourth-order valence-electron chi connectivity index (χ4n) is 0.654. The number of rotatable bonds is 1. The summed E-state index contributed by atoms with van der Waals surface area (Å²) in [6.45, 7) is 0. The van der Waals surface area contributed by atoms with E-state index in [1.54, 1.807) is 12.1 Å². The van der Waals surface area contributed by atoms with Crippen molar-refractivity contribution >= 4 is 16.4 Å². The van der Waals surface area contributed by atoms with E-state index in [-0.39, 0.29) is 40.9 Å². The quantitative estimate of drug-likeness (QED) is 0.191. The Morgan fingerprint density at radius 1 is 1.21 bits per heavy atom. The number of aromatic carboxylic acids is 1.